The van der Waals surface area contributed by atoms with E-state index in [1.165, 1.54) is 49.7 Å². The normalized spacial score (nSPS) is 13.2. The molecule has 0 unspecified atom stereocenters. The molecular weight excluding hydrogens is 411 g/mol. The topological polar surface area (TPSA) is 0 Å². The van der Waals surface area contributed by atoms with Gasteiger partial charge in [0.1, 0.15) is 0 Å². The first-order valence-corrected chi connectivity index (χ1v) is 12.6. The van der Waals surface area contributed by atoms with Crippen LogP contribution in [0.25, 0.3) is 0 Å². The van der Waals surface area contributed by atoms with Gasteiger partial charge < -0.3 is 14.9 Å². The van der Waals surface area contributed by atoms with Crippen molar-refractivity contribution in [1.29, 1.82) is 0 Å². The summed E-state index contributed by atoms with van der Waals surface area (Å²) < 4.78 is 0. The summed E-state index contributed by atoms with van der Waals surface area (Å²) in [4.78, 5) is 0. The molecule has 0 aromatic carbocycles. The van der Waals surface area contributed by atoms with Gasteiger partial charge in [0.15, 0.2) is 0 Å². The average molecular weight is 451 g/mol. The van der Waals surface area contributed by atoms with Gasteiger partial charge in [-0.1, -0.05) is 53.4 Å². The molecule has 0 aromatic rings. The van der Waals surface area contributed by atoms with Crippen LogP contribution in [0.15, 0.2) is 34.4 Å². The van der Waals surface area contributed by atoms with E-state index < -0.39 is 0 Å². The molecule has 0 aliphatic heterocycles. The Bertz CT molecular complexity index is 397. The fourth-order valence-electron chi connectivity index (χ4n) is 2.45. The maximum absolute atomic E-state index is 3.30. The van der Waals surface area contributed by atoms with Gasteiger partial charge in [-0.15, -0.1) is 37.7 Å². The molecule has 0 nitrogen and oxygen atoms in total. The van der Waals surface area contributed by atoms with Gasteiger partial charge in [0.25, 0.3) is 0 Å². The summed E-state index contributed by atoms with van der Waals surface area (Å²) in [5.41, 5.74) is 5.79. The molecule has 2 aliphatic rings. The van der Waals surface area contributed by atoms with Crippen LogP contribution >= 0.6 is 24.8 Å². The Balaban J connectivity index is -0.0000000904. The molecule has 0 saturated heterocycles. The standard InChI is InChI=1S/2C10H15.2CH3.2ClH.H2Si.Ti/c2*1-3-4-5-10-7-6-9(2)8-10;;;;;;/h2*8H,3-5,7H2,1-2H3;2*1H3;2*1H;1H2;/q4*-1;;;;. The minimum absolute atomic E-state index is 0. The summed E-state index contributed by atoms with van der Waals surface area (Å²) in [5, 5.41) is 0. The molecule has 0 aromatic heterocycles. The quantitative estimate of drug-likeness (QED) is 0.293. The Morgan fingerprint density at radius 1 is 0.808 bits per heavy atom. The third kappa shape index (κ3) is 19.2. The van der Waals surface area contributed by atoms with Gasteiger partial charge in [-0.25, -0.2) is 23.3 Å². The first-order valence-electron chi connectivity index (χ1n) is 8.54. The molecule has 4 heteroatoms. The van der Waals surface area contributed by atoms with Crippen LogP contribution in [-0.4, -0.2) is 7.63 Å². The van der Waals surface area contributed by atoms with Crippen LogP contribution < -0.4 is 0 Å². The average Bonchev–Trinajstić information content (AvgIpc) is 3.14. The molecule has 154 valence electrons. The van der Waals surface area contributed by atoms with Gasteiger partial charge in [0.05, 0.1) is 0 Å². The van der Waals surface area contributed by atoms with Crippen molar-refractivity contribution in [2.24, 2.45) is 0 Å². The molecule has 0 amide bonds. The van der Waals surface area contributed by atoms with E-state index in [0.29, 0.717) is 0 Å². The van der Waals surface area contributed by atoms with Crippen LogP contribution in [0, 0.1) is 27.0 Å². The molecule has 0 atom stereocenters. The predicted octanol–water partition coefficient (Wildman–Crippen LogP) is 7.34. The van der Waals surface area contributed by atoms with Crippen LogP contribution in [0.3, 0.4) is 0 Å². The van der Waals surface area contributed by atoms with Crippen molar-refractivity contribution in [1.82, 2.24) is 0 Å². The second-order valence-electron chi connectivity index (χ2n) is 5.89. The molecular formula is C22H40Cl2SiTi-4. The summed E-state index contributed by atoms with van der Waals surface area (Å²) in [6, 6.07) is 0. The van der Waals surface area contributed by atoms with Crippen molar-refractivity contribution in [3.63, 3.8) is 0 Å². The third-order valence-corrected chi connectivity index (χ3v) is 3.73. The number of unbranched alkanes of at least 4 members (excludes halogenated alkanes) is 2. The molecule has 0 saturated carbocycles. The van der Waals surface area contributed by atoms with Crippen LogP contribution in [0.2, 0.25) is 0 Å². The van der Waals surface area contributed by atoms with Crippen molar-refractivity contribution in [3.8, 4) is 0 Å². The second-order valence-corrected chi connectivity index (χ2v) is 5.89. The number of allylic oxidation sites excluding steroid dienone is 8. The van der Waals surface area contributed by atoms with E-state index in [-0.39, 0.29) is 39.7 Å². The number of halogens is 2. The van der Waals surface area contributed by atoms with E-state index in [4.69, 9.17) is 0 Å². The fourth-order valence-corrected chi connectivity index (χ4v) is 2.45. The molecule has 0 spiro atoms. The Morgan fingerprint density at radius 3 is 1.31 bits per heavy atom. The molecule has 26 heavy (non-hydrogen) atoms. The summed E-state index contributed by atoms with van der Waals surface area (Å²) in [6.45, 7) is 8.72. The van der Waals surface area contributed by atoms with E-state index in [0.717, 1.165) is 12.8 Å². The first kappa shape index (κ1) is 37.3. The monoisotopic (exact) mass is 450 g/mol. The van der Waals surface area contributed by atoms with Crippen LogP contribution in [0.1, 0.15) is 79.1 Å². The van der Waals surface area contributed by atoms with Gasteiger partial charge in [-0.2, -0.15) is 11.1 Å². The zero-order valence-corrected chi connectivity index (χ0v) is 22.4. The number of rotatable bonds is 6. The third-order valence-electron chi connectivity index (χ3n) is 3.73. The Hall–Kier alpha value is 0.471. The van der Waals surface area contributed by atoms with Crippen molar-refractivity contribution in [2.45, 2.75) is 79.1 Å². The Kier molecular flexibility index (Phi) is 36.5. The molecule has 0 heterocycles. The Labute approximate surface area is 191 Å². The molecule has 0 N–H and O–H groups in total. The minimum atomic E-state index is 0. The van der Waals surface area contributed by atoms with Gasteiger partial charge in [0.2, 0.25) is 0 Å². The molecule has 2 aliphatic carbocycles. The summed E-state index contributed by atoms with van der Waals surface area (Å²) in [5.74, 6) is 0. The molecule has 0 bridgehead atoms. The zero-order chi connectivity index (χ0) is 16.8. The summed E-state index contributed by atoms with van der Waals surface area (Å²) >= 11 is 2.03. The number of hydrogen-bond acceptors (Lipinski definition) is 0. The van der Waals surface area contributed by atoms with E-state index in [1.807, 2.05) is 26.8 Å². The van der Waals surface area contributed by atoms with Crippen LogP contribution in [0.4, 0.5) is 0 Å². The van der Waals surface area contributed by atoms with Crippen LogP contribution in [-0.2, 0) is 19.2 Å². The summed E-state index contributed by atoms with van der Waals surface area (Å²) in [6.07, 6.45) is 21.2. The van der Waals surface area contributed by atoms with Gasteiger partial charge in [0, 0.05) is 0 Å². The van der Waals surface area contributed by atoms with Crippen molar-refractivity contribution in [2.75, 3.05) is 0 Å². The van der Waals surface area contributed by atoms with E-state index >= 15 is 0 Å². The molecule has 0 fully saturated rings. The maximum atomic E-state index is 3.30. The molecule has 0 radical (unpaired) electrons. The Morgan fingerprint density at radius 2 is 1.12 bits per heavy atom. The zero-order valence-electron chi connectivity index (χ0n) is 17.8. The van der Waals surface area contributed by atoms with E-state index in [1.54, 1.807) is 11.1 Å². The van der Waals surface area contributed by atoms with Gasteiger partial charge >= 0.3 is 26.8 Å². The number of hydrogen-bond donors (Lipinski definition) is 0. The van der Waals surface area contributed by atoms with Crippen molar-refractivity contribution < 1.29 is 19.2 Å². The summed E-state index contributed by atoms with van der Waals surface area (Å²) in [7, 11) is 1.86. The first-order chi connectivity index (χ1) is 10.7. The van der Waals surface area contributed by atoms with E-state index in [9.17, 15) is 0 Å². The van der Waals surface area contributed by atoms with Gasteiger partial charge in [-0.3, -0.25) is 12.2 Å². The fraction of sp³-hybridized carbons (Fsp3) is 0.545. The van der Waals surface area contributed by atoms with Crippen molar-refractivity contribution >= 4 is 32.4 Å². The van der Waals surface area contributed by atoms with Crippen LogP contribution in [0.5, 0.6) is 0 Å². The van der Waals surface area contributed by atoms with Crippen molar-refractivity contribution in [3.05, 3.63) is 61.4 Å². The van der Waals surface area contributed by atoms with Gasteiger partial charge in [-0.05, 0) is 12.8 Å². The second kappa shape index (κ2) is 25.5. The SMILES string of the molecule is CCCCC1=CC(C)=[C-]C1.CCCCC1=CC(C)=[C-]C1.Cl.Cl.[CH3-].[CH3-].[SiH2]=[Ti]. The van der Waals surface area contributed by atoms with E-state index in [2.05, 4.69) is 52.0 Å². The predicted molar refractivity (Wildman–Crippen MR) is 125 cm³/mol. The molecule has 2 rings (SSSR count).